The standard InChI is InChI=1S/C15H29N3O2/c1-4-20-15(19)14(16-12-7-8-12)11-18(3)13-6-5-9-17(2)10-13/h12-14,16H,4-11H2,1-3H3. The van der Waals surface area contributed by atoms with Crippen molar-refractivity contribution < 1.29 is 9.53 Å². The Bertz CT molecular complexity index is 320. The van der Waals surface area contributed by atoms with Gasteiger partial charge in [0.15, 0.2) is 0 Å². The number of hydrogen-bond acceptors (Lipinski definition) is 5. The highest BCUT2D eigenvalue weighted by Crippen LogP contribution is 2.20. The van der Waals surface area contributed by atoms with Crippen molar-refractivity contribution in [2.75, 3.05) is 40.3 Å². The maximum absolute atomic E-state index is 12.1. The third-order valence-corrected chi connectivity index (χ3v) is 4.28. The quantitative estimate of drug-likeness (QED) is 0.697. The first-order valence-electron chi connectivity index (χ1n) is 7.91. The van der Waals surface area contributed by atoms with Crippen LogP contribution in [0, 0.1) is 0 Å². The number of nitrogens with zero attached hydrogens (tertiary/aromatic N) is 2. The highest BCUT2D eigenvalue weighted by Gasteiger charge is 2.31. The van der Waals surface area contributed by atoms with Crippen LogP contribution in [0.25, 0.3) is 0 Å². The van der Waals surface area contributed by atoms with E-state index >= 15 is 0 Å². The number of hydrogen-bond donors (Lipinski definition) is 1. The summed E-state index contributed by atoms with van der Waals surface area (Å²) in [6.45, 7) is 5.35. The largest absolute Gasteiger partial charge is 0.465 e. The third kappa shape index (κ3) is 4.72. The summed E-state index contributed by atoms with van der Waals surface area (Å²) >= 11 is 0. The molecule has 0 aromatic carbocycles. The predicted octanol–water partition coefficient (Wildman–Crippen LogP) is 0.696. The van der Waals surface area contributed by atoms with Crippen molar-refractivity contribution in [2.24, 2.45) is 0 Å². The second kappa shape index (κ2) is 7.38. The van der Waals surface area contributed by atoms with Crippen LogP contribution in [0.3, 0.4) is 0 Å². The number of ether oxygens (including phenoxy) is 1. The maximum Gasteiger partial charge on any atom is 0.324 e. The first-order valence-corrected chi connectivity index (χ1v) is 7.91. The minimum Gasteiger partial charge on any atom is -0.465 e. The van der Waals surface area contributed by atoms with Gasteiger partial charge in [0.05, 0.1) is 6.61 Å². The summed E-state index contributed by atoms with van der Waals surface area (Å²) < 4.78 is 5.20. The Kier molecular flexibility index (Phi) is 5.81. The summed E-state index contributed by atoms with van der Waals surface area (Å²) in [5.74, 6) is -0.101. The fourth-order valence-corrected chi connectivity index (χ4v) is 2.91. The molecule has 1 saturated carbocycles. The van der Waals surface area contributed by atoms with Gasteiger partial charge in [0.1, 0.15) is 6.04 Å². The van der Waals surface area contributed by atoms with Crippen molar-refractivity contribution in [1.82, 2.24) is 15.1 Å². The van der Waals surface area contributed by atoms with Crippen molar-refractivity contribution >= 4 is 5.97 Å². The topological polar surface area (TPSA) is 44.8 Å². The molecule has 116 valence electrons. The van der Waals surface area contributed by atoms with Gasteiger partial charge in [0, 0.05) is 25.2 Å². The van der Waals surface area contributed by atoms with Crippen LogP contribution in [0.2, 0.25) is 0 Å². The molecule has 2 atom stereocenters. The average molecular weight is 283 g/mol. The van der Waals surface area contributed by atoms with Gasteiger partial charge >= 0.3 is 5.97 Å². The van der Waals surface area contributed by atoms with Gasteiger partial charge in [0.25, 0.3) is 0 Å². The first-order chi connectivity index (χ1) is 9.60. The second-order valence-electron chi connectivity index (χ2n) is 6.24. The highest BCUT2D eigenvalue weighted by molar-refractivity contribution is 5.76. The molecule has 2 rings (SSSR count). The lowest BCUT2D eigenvalue weighted by molar-refractivity contribution is -0.146. The zero-order valence-electron chi connectivity index (χ0n) is 13.1. The zero-order chi connectivity index (χ0) is 14.5. The molecule has 5 nitrogen and oxygen atoms in total. The molecule has 0 aromatic rings. The van der Waals surface area contributed by atoms with Gasteiger partial charge in [-0.1, -0.05) is 0 Å². The lowest BCUT2D eigenvalue weighted by atomic mass is 10.0. The van der Waals surface area contributed by atoms with E-state index in [9.17, 15) is 4.79 Å². The predicted molar refractivity (Wildman–Crippen MR) is 79.7 cm³/mol. The number of likely N-dealkylation sites (N-methyl/N-ethyl adjacent to an activating group) is 2. The van der Waals surface area contributed by atoms with Crippen molar-refractivity contribution in [3.63, 3.8) is 0 Å². The number of rotatable bonds is 7. The fraction of sp³-hybridized carbons (Fsp3) is 0.933. The lowest BCUT2D eigenvalue weighted by Gasteiger charge is -2.37. The Morgan fingerprint density at radius 2 is 2.20 bits per heavy atom. The molecule has 2 fully saturated rings. The summed E-state index contributed by atoms with van der Waals surface area (Å²) in [5, 5.41) is 3.43. The van der Waals surface area contributed by atoms with Crippen LogP contribution in [0.1, 0.15) is 32.6 Å². The minimum atomic E-state index is -0.181. The molecule has 1 saturated heterocycles. The molecule has 1 aliphatic heterocycles. The van der Waals surface area contributed by atoms with E-state index < -0.39 is 0 Å². The van der Waals surface area contributed by atoms with E-state index in [1.165, 1.54) is 32.2 Å². The van der Waals surface area contributed by atoms with Crippen molar-refractivity contribution in [3.8, 4) is 0 Å². The Labute approximate surface area is 122 Å². The molecule has 20 heavy (non-hydrogen) atoms. The zero-order valence-corrected chi connectivity index (χ0v) is 13.1. The summed E-state index contributed by atoms with van der Waals surface area (Å²) in [7, 11) is 4.30. The normalized spacial score (nSPS) is 25.7. The highest BCUT2D eigenvalue weighted by atomic mass is 16.5. The molecule has 1 N–H and O–H groups in total. The van der Waals surface area contributed by atoms with E-state index in [0.29, 0.717) is 18.7 Å². The van der Waals surface area contributed by atoms with Crippen molar-refractivity contribution in [3.05, 3.63) is 0 Å². The number of nitrogens with one attached hydrogen (secondary N) is 1. The number of esters is 1. The molecule has 1 heterocycles. The van der Waals surface area contributed by atoms with E-state index in [2.05, 4.69) is 29.2 Å². The Morgan fingerprint density at radius 1 is 1.45 bits per heavy atom. The molecule has 2 unspecified atom stereocenters. The van der Waals surface area contributed by atoms with E-state index in [1.54, 1.807) is 0 Å². The Balaban J connectivity index is 1.86. The summed E-state index contributed by atoms with van der Waals surface area (Å²) in [6.07, 6.45) is 4.84. The summed E-state index contributed by atoms with van der Waals surface area (Å²) in [5.41, 5.74) is 0. The molecule has 5 heteroatoms. The van der Waals surface area contributed by atoms with Gasteiger partial charge in [0.2, 0.25) is 0 Å². The van der Waals surface area contributed by atoms with Crippen LogP contribution in [0.4, 0.5) is 0 Å². The second-order valence-corrected chi connectivity index (χ2v) is 6.24. The third-order valence-electron chi connectivity index (χ3n) is 4.28. The van der Waals surface area contributed by atoms with Gasteiger partial charge in [-0.15, -0.1) is 0 Å². The van der Waals surface area contributed by atoms with Gasteiger partial charge in [-0.3, -0.25) is 9.69 Å². The molecular formula is C15H29N3O2. The van der Waals surface area contributed by atoms with Crippen LogP contribution in [-0.2, 0) is 9.53 Å². The number of piperidine rings is 1. The van der Waals surface area contributed by atoms with Crippen LogP contribution in [-0.4, -0.2) is 74.2 Å². The van der Waals surface area contributed by atoms with Gasteiger partial charge < -0.3 is 15.0 Å². The van der Waals surface area contributed by atoms with Crippen LogP contribution in [0.15, 0.2) is 0 Å². The SMILES string of the molecule is CCOC(=O)C(CN(C)C1CCCN(C)C1)NC1CC1. The number of likely N-dealkylation sites (tertiary alicyclic amines) is 1. The first kappa shape index (κ1) is 15.7. The lowest BCUT2D eigenvalue weighted by Crippen LogP contribution is -2.52. The van der Waals surface area contributed by atoms with Crippen molar-refractivity contribution in [2.45, 2.75) is 50.7 Å². The minimum absolute atomic E-state index is 0.101. The molecule has 0 aromatic heterocycles. The van der Waals surface area contributed by atoms with Gasteiger partial charge in [-0.2, -0.15) is 0 Å². The Morgan fingerprint density at radius 3 is 2.80 bits per heavy atom. The van der Waals surface area contributed by atoms with Crippen LogP contribution in [0.5, 0.6) is 0 Å². The maximum atomic E-state index is 12.1. The van der Waals surface area contributed by atoms with Crippen LogP contribution >= 0.6 is 0 Å². The smallest absolute Gasteiger partial charge is 0.324 e. The van der Waals surface area contributed by atoms with Crippen LogP contribution < -0.4 is 5.32 Å². The van der Waals surface area contributed by atoms with E-state index in [-0.39, 0.29) is 12.0 Å². The van der Waals surface area contributed by atoms with E-state index in [1.807, 2.05) is 6.92 Å². The van der Waals surface area contributed by atoms with E-state index in [0.717, 1.165) is 13.1 Å². The van der Waals surface area contributed by atoms with Gasteiger partial charge in [-0.05, 0) is 53.2 Å². The monoisotopic (exact) mass is 283 g/mol. The Hall–Kier alpha value is -0.650. The van der Waals surface area contributed by atoms with E-state index in [4.69, 9.17) is 4.74 Å². The molecule has 0 radical (unpaired) electrons. The molecule has 0 spiro atoms. The summed E-state index contributed by atoms with van der Waals surface area (Å²) in [4.78, 5) is 16.8. The average Bonchev–Trinajstić information content (AvgIpc) is 3.22. The van der Waals surface area contributed by atoms with Crippen molar-refractivity contribution in [1.29, 1.82) is 0 Å². The van der Waals surface area contributed by atoms with Gasteiger partial charge in [-0.25, -0.2) is 0 Å². The number of carbonyl (C=O) groups excluding carboxylic acids is 1. The molecule has 0 bridgehead atoms. The molecular weight excluding hydrogens is 254 g/mol. The molecule has 0 amide bonds. The molecule has 1 aliphatic carbocycles. The molecule has 2 aliphatic rings. The number of carbonyl (C=O) groups is 1. The summed E-state index contributed by atoms with van der Waals surface area (Å²) in [6, 6.07) is 0.887. The fourth-order valence-electron chi connectivity index (χ4n) is 2.91.